The molecule has 2 rings (SSSR count). The Morgan fingerprint density at radius 2 is 2.36 bits per heavy atom. The number of aromatic nitrogens is 1. The van der Waals surface area contributed by atoms with Gasteiger partial charge in [-0.15, -0.1) is 11.3 Å². The SMILES string of the molecule is CC1(O)CCCN(c2nccs2)CC1. The molecule has 1 fully saturated rings. The lowest BCUT2D eigenvalue weighted by atomic mass is 9.98. The highest BCUT2D eigenvalue weighted by Crippen LogP contribution is 2.26. The highest BCUT2D eigenvalue weighted by molar-refractivity contribution is 7.13. The first-order valence-electron chi connectivity index (χ1n) is 5.04. The van der Waals surface area contributed by atoms with E-state index in [1.54, 1.807) is 11.3 Å². The standard InChI is InChI=1S/C10H16N2OS/c1-10(13)3-2-6-12(7-4-10)9-11-5-8-14-9/h5,8,13H,2-4,6-7H2,1H3. The molecule has 2 heterocycles. The van der Waals surface area contributed by atoms with Gasteiger partial charge in [0.25, 0.3) is 0 Å². The van der Waals surface area contributed by atoms with Crippen molar-refractivity contribution in [2.45, 2.75) is 31.8 Å². The van der Waals surface area contributed by atoms with E-state index in [-0.39, 0.29) is 0 Å². The number of nitrogens with zero attached hydrogens (tertiary/aromatic N) is 2. The van der Waals surface area contributed by atoms with Crippen molar-refractivity contribution in [1.29, 1.82) is 0 Å². The number of hydrogen-bond donors (Lipinski definition) is 1. The third-order valence-electron chi connectivity index (χ3n) is 2.75. The Bertz CT molecular complexity index is 284. The van der Waals surface area contributed by atoms with Crippen LogP contribution in [0.5, 0.6) is 0 Å². The van der Waals surface area contributed by atoms with Crippen LogP contribution in [0, 0.1) is 0 Å². The van der Waals surface area contributed by atoms with E-state index in [4.69, 9.17) is 0 Å². The largest absolute Gasteiger partial charge is 0.390 e. The van der Waals surface area contributed by atoms with E-state index >= 15 is 0 Å². The van der Waals surface area contributed by atoms with Gasteiger partial charge in [-0.1, -0.05) is 0 Å². The fourth-order valence-corrected chi connectivity index (χ4v) is 2.52. The summed E-state index contributed by atoms with van der Waals surface area (Å²) < 4.78 is 0. The van der Waals surface area contributed by atoms with Crippen LogP contribution in [0.2, 0.25) is 0 Å². The van der Waals surface area contributed by atoms with Gasteiger partial charge in [-0.2, -0.15) is 0 Å². The molecule has 0 aromatic carbocycles. The molecular weight excluding hydrogens is 196 g/mol. The van der Waals surface area contributed by atoms with Crippen LogP contribution in [-0.2, 0) is 0 Å². The van der Waals surface area contributed by atoms with Crippen LogP contribution in [-0.4, -0.2) is 28.8 Å². The molecule has 0 saturated carbocycles. The third kappa shape index (κ3) is 2.25. The van der Waals surface area contributed by atoms with Gasteiger partial charge < -0.3 is 10.0 Å². The number of rotatable bonds is 1. The molecule has 78 valence electrons. The molecular formula is C10H16N2OS. The molecule has 14 heavy (non-hydrogen) atoms. The molecule has 0 spiro atoms. The number of anilines is 1. The fourth-order valence-electron chi connectivity index (χ4n) is 1.83. The summed E-state index contributed by atoms with van der Waals surface area (Å²) in [5.41, 5.74) is -0.480. The highest BCUT2D eigenvalue weighted by atomic mass is 32.1. The average molecular weight is 212 g/mol. The lowest BCUT2D eigenvalue weighted by Crippen LogP contribution is -2.28. The lowest BCUT2D eigenvalue weighted by Gasteiger charge is -2.21. The molecule has 0 aliphatic carbocycles. The first-order valence-corrected chi connectivity index (χ1v) is 5.92. The Morgan fingerprint density at radius 1 is 1.50 bits per heavy atom. The summed E-state index contributed by atoms with van der Waals surface area (Å²) in [6.45, 7) is 3.86. The van der Waals surface area contributed by atoms with Crippen molar-refractivity contribution in [3.8, 4) is 0 Å². The Balaban J connectivity index is 2.03. The molecule has 0 bridgehead atoms. The summed E-state index contributed by atoms with van der Waals surface area (Å²) in [5, 5.41) is 13.0. The van der Waals surface area contributed by atoms with Gasteiger partial charge in [0.1, 0.15) is 0 Å². The topological polar surface area (TPSA) is 36.4 Å². The van der Waals surface area contributed by atoms with Crippen LogP contribution in [0.4, 0.5) is 5.13 Å². The molecule has 1 N–H and O–H groups in total. The molecule has 1 aliphatic heterocycles. The maximum atomic E-state index is 9.93. The van der Waals surface area contributed by atoms with Crippen LogP contribution in [0.3, 0.4) is 0 Å². The zero-order chi connectivity index (χ0) is 10.0. The van der Waals surface area contributed by atoms with Crippen LogP contribution < -0.4 is 4.90 Å². The van der Waals surface area contributed by atoms with Crippen molar-refractivity contribution in [3.05, 3.63) is 11.6 Å². The van der Waals surface area contributed by atoms with Crippen molar-refractivity contribution < 1.29 is 5.11 Å². The molecule has 3 nitrogen and oxygen atoms in total. The molecule has 1 saturated heterocycles. The Labute approximate surface area is 88.4 Å². The summed E-state index contributed by atoms with van der Waals surface area (Å²) in [5.74, 6) is 0. The molecule has 1 aromatic rings. The van der Waals surface area contributed by atoms with E-state index in [1.165, 1.54) is 0 Å². The quantitative estimate of drug-likeness (QED) is 0.772. The average Bonchev–Trinajstić information content (AvgIpc) is 2.58. The third-order valence-corrected chi connectivity index (χ3v) is 3.59. The van der Waals surface area contributed by atoms with E-state index < -0.39 is 5.60 Å². The van der Waals surface area contributed by atoms with Gasteiger partial charge in [0.15, 0.2) is 5.13 Å². The normalized spacial score (nSPS) is 28.9. The predicted molar refractivity (Wildman–Crippen MR) is 58.8 cm³/mol. The minimum Gasteiger partial charge on any atom is -0.390 e. The van der Waals surface area contributed by atoms with Crippen molar-refractivity contribution in [3.63, 3.8) is 0 Å². The molecule has 4 heteroatoms. The highest BCUT2D eigenvalue weighted by Gasteiger charge is 2.25. The first-order chi connectivity index (χ1) is 6.67. The van der Waals surface area contributed by atoms with Gasteiger partial charge in [-0.3, -0.25) is 0 Å². The number of thiazole rings is 1. The van der Waals surface area contributed by atoms with Gasteiger partial charge in [-0.25, -0.2) is 4.98 Å². The molecule has 0 amide bonds. The van der Waals surface area contributed by atoms with Gasteiger partial charge in [0.2, 0.25) is 0 Å². The van der Waals surface area contributed by atoms with Gasteiger partial charge in [0.05, 0.1) is 5.60 Å². The predicted octanol–water partition coefficient (Wildman–Crippen LogP) is 1.88. The van der Waals surface area contributed by atoms with E-state index in [2.05, 4.69) is 9.88 Å². The summed E-state index contributed by atoms with van der Waals surface area (Å²) in [4.78, 5) is 6.56. The zero-order valence-corrected chi connectivity index (χ0v) is 9.26. The molecule has 0 radical (unpaired) electrons. The second kappa shape index (κ2) is 3.87. The Morgan fingerprint density at radius 3 is 3.07 bits per heavy atom. The van der Waals surface area contributed by atoms with E-state index in [1.807, 2.05) is 18.5 Å². The summed E-state index contributed by atoms with van der Waals surface area (Å²) in [7, 11) is 0. The number of aliphatic hydroxyl groups is 1. The number of hydrogen-bond acceptors (Lipinski definition) is 4. The second-order valence-corrected chi connectivity index (χ2v) is 5.03. The summed E-state index contributed by atoms with van der Waals surface area (Å²) in [6, 6.07) is 0. The van der Waals surface area contributed by atoms with Crippen LogP contribution in [0.25, 0.3) is 0 Å². The maximum absolute atomic E-state index is 9.93. The van der Waals surface area contributed by atoms with Gasteiger partial charge >= 0.3 is 0 Å². The Hall–Kier alpha value is -0.610. The monoisotopic (exact) mass is 212 g/mol. The second-order valence-electron chi connectivity index (χ2n) is 4.15. The van der Waals surface area contributed by atoms with Crippen LogP contribution in [0.15, 0.2) is 11.6 Å². The molecule has 1 atom stereocenters. The van der Waals surface area contributed by atoms with Gasteiger partial charge in [-0.05, 0) is 26.2 Å². The van der Waals surface area contributed by atoms with Crippen LogP contribution in [0.1, 0.15) is 26.2 Å². The minimum absolute atomic E-state index is 0.480. The molecule has 1 aromatic heterocycles. The van der Waals surface area contributed by atoms with E-state index in [0.29, 0.717) is 0 Å². The molecule has 1 aliphatic rings. The van der Waals surface area contributed by atoms with Crippen LogP contribution >= 0.6 is 11.3 Å². The van der Waals surface area contributed by atoms with E-state index in [9.17, 15) is 5.11 Å². The molecule has 1 unspecified atom stereocenters. The fraction of sp³-hybridized carbons (Fsp3) is 0.700. The van der Waals surface area contributed by atoms with Crippen molar-refractivity contribution >= 4 is 16.5 Å². The zero-order valence-electron chi connectivity index (χ0n) is 8.44. The van der Waals surface area contributed by atoms with Crippen molar-refractivity contribution in [2.75, 3.05) is 18.0 Å². The Kier molecular flexibility index (Phi) is 2.74. The van der Waals surface area contributed by atoms with Crippen molar-refractivity contribution in [1.82, 2.24) is 4.98 Å². The van der Waals surface area contributed by atoms with Crippen molar-refractivity contribution in [2.24, 2.45) is 0 Å². The summed E-state index contributed by atoms with van der Waals surface area (Å²) in [6.07, 6.45) is 4.62. The van der Waals surface area contributed by atoms with E-state index in [0.717, 1.165) is 37.5 Å². The first kappa shape index (κ1) is 9.93. The van der Waals surface area contributed by atoms with Gasteiger partial charge in [0, 0.05) is 24.7 Å². The maximum Gasteiger partial charge on any atom is 0.185 e. The smallest absolute Gasteiger partial charge is 0.185 e. The lowest BCUT2D eigenvalue weighted by molar-refractivity contribution is 0.0481. The minimum atomic E-state index is -0.480. The summed E-state index contributed by atoms with van der Waals surface area (Å²) >= 11 is 1.67.